The van der Waals surface area contributed by atoms with Crippen LogP contribution < -0.4 is 4.72 Å². The maximum absolute atomic E-state index is 13.1. The molecule has 0 amide bonds. The van der Waals surface area contributed by atoms with Gasteiger partial charge in [-0.1, -0.05) is 49.4 Å². The van der Waals surface area contributed by atoms with Crippen LogP contribution in [0.4, 0.5) is 0 Å². The molecule has 0 bridgehead atoms. The molecule has 1 aliphatic rings. The fraction of sp³-hybridized carbons (Fsp3) is 0.320. The number of nitrogens with one attached hydrogen (secondary N) is 1. The molecular formula is C25H27N5O2S. The van der Waals surface area contributed by atoms with Gasteiger partial charge in [-0.25, -0.2) is 13.1 Å². The highest BCUT2D eigenvalue weighted by Crippen LogP contribution is 2.47. The zero-order valence-electron chi connectivity index (χ0n) is 18.4. The van der Waals surface area contributed by atoms with Gasteiger partial charge in [0.25, 0.3) is 0 Å². The third-order valence-electron chi connectivity index (χ3n) is 6.83. The van der Waals surface area contributed by atoms with Crippen LogP contribution in [0.2, 0.25) is 0 Å². The zero-order valence-corrected chi connectivity index (χ0v) is 19.3. The topological polar surface area (TPSA) is 89.8 Å². The number of sulfonamides is 1. The molecule has 1 aliphatic carbocycles. The number of aromatic nitrogens is 4. The van der Waals surface area contributed by atoms with E-state index in [0.29, 0.717) is 4.90 Å². The first-order chi connectivity index (χ1) is 16.1. The van der Waals surface area contributed by atoms with Crippen molar-refractivity contribution >= 4 is 20.9 Å². The molecule has 7 nitrogen and oxygen atoms in total. The van der Waals surface area contributed by atoms with E-state index in [4.69, 9.17) is 0 Å². The van der Waals surface area contributed by atoms with Gasteiger partial charge in [-0.05, 0) is 48.9 Å². The van der Waals surface area contributed by atoms with Gasteiger partial charge in [0.2, 0.25) is 10.0 Å². The van der Waals surface area contributed by atoms with E-state index < -0.39 is 10.0 Å². The van der Waals surface area contributed by atoms with Crippen molar-refractivity contribution in [1.82, 2.24) is 24.5 Å². The summed E-state index contributed by atoms with van der Waals surface area (Å²) in [6, 6.07) is 18.7. The van der Waals surface area contributed by atoms with Gasteiger partial charge in [0.15, 0.2) is 0 Å². The van der Waals surface area contributed by atoms with Gasteiger partial charge >= 0.3 is 0 Å². The molecule has 2 heterocycles. The third kappa shape index (κ3) is 4.16. The first-order valence-electron chi connectivity index (χ1n) is 11.3. The Bertz CT molecular complexity index is 1320. The van der Waals surface area contributed by atoms with Gasteiger partial charge in [0, 0.05) is 29.6 Å². The van der Waals surface area contributed by atoms with Gasteiger partial charge in [-0.2, -0.15) is 0 Å². The van der Waals surface area contributed by atoms with Gasteiger partial charge in [0.1, 0.15) is 12.7 Å². The largest absolute Gasteiger partial charge is 0.316 e. The van der Waals surface area contributed by atoms with E-state index >= 15 is 0 Å². The molecule has 170 valence electrons. The van der Waals surface area contributed by atoms with E-state index in [1.165, 1.54) is 5.56 Å². The Balaban J connectivity index is 1.54. The number of rotatable bonds is 6. The van der Waals surface area contributed by atoms with E-state index in [2.05, 4.69) is 51.1 Å². The van der Waals surface area contributed by atoms with E-state index in [-0.39, 0.29) is 23.9 Å². The lowest BCUT2D eigenvalue weighted by Crippen LogP contribution is -2.47. The maximum Gasteiger partial charge on any atom is 0.240 e. The lowest BCUT2D eigenvalue weighted by molar-refractivity contribution is 0.164. The normalized spacial score (nSPS) is 23.5. The first-order valence-corrected chi connectivity index (χ1v) is 12.8. The average molecular weight is 462 g/mol. The second-order valence-corrected chi connectivity index (χ2v) is 10.3. The van der Waals surface area contributed by atoms with E-state index in [1.807, 2.05) is 22.9 Å². The highest BCUT2D eigenvalue weighted by molar-refractivity contribution is 7.89. The summed E-state index contributed by atoms with van der Waals surface area (Å²) in [7, 11) is -3.61. The van der Waals surface area contributed by atoms with Crippen molar-refractivity contribution in [1.29, 1.82) is 0 Å². The Hall–Kier alpha value is -3.10. The molecule has 2 unspecified atom stereocenters. The molecule has 2 aromatic carbocycles. The molecular weight excluding hydrogens is 434 g/mol. The molecule has 1 N–H and O–H groups in total. The van der Waals surface area contributed by atoms with E-state index in [0.717, 1.165) is 30.2 Å². The van der Waals surface area contributed by atoms with Crippen LogP contribution >= 0.6 is 0 Å². The van der Waals surface area contributed by atoms with Crippen molar-refractivity contribution < 1.29 is 8.42 Å². The summed E-state index contributed by atoms with van der Waals surface area (Å²) in [4.78, 5) is 4.98. The molecule has 8 heteroatoms. The summed E-state index contributed by atoms with van der Waals surface area (Å²) in [5.74, 6) is 0.235. The van der Waals surface area contributed by atoms with Crippen molar-refractivity contribution in [2.45, 2.75) is 49.1 Å². The number of hydrogen-bond acceptors (Lipinski definition) is 5. The monoisotopic (exact) mass is 461 g/mol. The van der Waals surface area contributed by atoms with Crippen LogP contribution in [0, 0.1) is 5.92 Å². The minimum atomic E-state index is -3.61. The highest BCUT2D eigenvalue weighted by Gasteiger charge is 2.42. The molecule has 5 rings (SSSR count). The van der Waals surface area contributed by atoms with Gasteiger partial charge < -0.3 is 4.57 Å². The number of nitrogens with zero attached hydrogens (tertiary/aromatic N) is 4. The van der Waals surface area contributed by atoms with Crippen molar-refractivity contribution in [3.05, 3.63) is 85.1 Å². The molecule has 0 saturated heterocycles. The van der Waals surface area contributed by atoms with Crippen LogP contribution in [0.15, 0.2) is 84.4 Å². The fourth-order valence-electron chi connectivity index (χ4n) is 5.38. The fourth-order valence-corrected chi connectivity index (χ4v) is 6.72. The minimum Gasteiger partial charge on any atom is -0.316 e. The Morgan fingerprint density at radius 2 is 1.73 bits per heavy atom. The van der Waals surface area contributed by atoms with Gasteiger partial charge in [-0.3, -0.25) is 4.98 Å². The van der Waals surface area contributed by atoms with Crippen molar-refractivity contribution in [2.75, 3.05) is 0 Å². The second kappa shape index (κ2) is 9.03. The Morgan fingerprint density at radius 1 is 0.970 bits per heavy atom. The summed E-state index contributed by atoms with van der Waals surface area (Å²) in [6.07, 6.45) is 7.71. The number of para-hydroxylation sites is 1. The molecule has 0 spiro atoms. The predicted molar refractivity (Wildman–Crippen MR) is 127 cm³/mol. The molecule has 1 fully saturated rings. The van der Waals surface area contributed by atoms with Crippen molar-refractivity contribution in [3.63, 3.8) is 0 Å². The Morgan fingerprint density at radius 3 is 2.48 bits per heavy atom. The minimum absolute atomic E-state index is 0.00910. The summed E-state index contributed by atoms with van der Waals surface area (Å²) >= 11 is 0. The summed E-state index contributed by atoms with van der Waals surface area (Å²) in [5.41, 5.74) is 2.19. The number of benzene rings is 2. The third-order valence-corrected chi connectivity index (χ3v) is 8.34. The number of pyridine rings is 1. The predicted octanol–water partition coefficient (Wildman–Crippen LogP) is 4.32. The van der Waals surface area contributed by atoms with E-state index in [1.54, 1.807) is 36.9 Å². The first kappa shape index (κ1) is 21.7. The molecule has 2 aromatic heterocycles. The average Bonchev–Trinajstić information content (AvgIpc) is 3.38. The summed E-state index contributed by atoms with van der Waals surface area (Å²) < 4.78 is 31.3. The standard InChI is InChI=1S/C25H27N5O2S/c1-2-20-23(29-33(31,32)19-10-4-3-5-11-19)14-13-22(25(20)30-16-27-28-17-30)21-12-6-8-18-9-7-15-26-24(18)21/h3-12,15-17,20,22-23,25,29H,2,13-14H2,1H3/t20?,22?,23-,25-/m0/s1. The molecule has 0 aliphatic heterocycles. The number of hydrogen-bond donors (Lipinski definition) is 1. The van der Waals surface area contributed by atoms with Crippen LogP contribution in [0.1, 0.15) is 43.7 Å². The highest BCUT2D eigenvalue weighted by atomic mass is 32.2. The summed E-state index contributed by atoms with van der Waals surface area (Å²) in [5, 5.41) is 9.23. The Labute approximate surface area is 193 Å². The maximum atomic E-state index is 13.1. The SMILES string of the molecule is CCC1[C@H](n2cnnc2)C(c2cccc3cccnc23)CC[C@@H]1NS(=O)(=O)c1ccccc1. The van der Waals surface area contributed by atoms with Crippen molar-refractivity contribution in [3.8, 4) is 0 Å². The zero-order chi connectivity index (χ0) is 22.8. The van der Waals surface area contributed by atoms with Crippen LogP contribution in [0.25, 0.3) is 10.9 Å². The quantitative estimate of drug-likeness (QED) is 0.462. The second-order valence-electron chi connectivity index (χ2n) is 8.62. The van der Waals surface area contributed by atoms with E-state index in [9.17, 15) is 8.42 Å². The molecule has 33 heavy (non-hydrogen) atoms. The summed E-state index contributed by atoms with van der Waals surface area (Å²) in [6.45, 7) is 2.12. The lowest BCUT2D eigenvalue weighted by Gasteiger charge is -2.43. The molecule has 4 atom stereocenters. The van der Waals surface area contributed by atoms with Crippen LogP contribution in [0.5, 0.6) is 0 Å². The smallest absolute Gasteiger partial charge is 0.240 e. The van der Waals surface area contributed by atoms with Crippen LogP contribution in [0.3, 0.4) is 0 Å². The molecule has 1 saturated carbocycles. The Kier molecular flexibility index (Phi) is 5.95. The van der Waals surface area contributed by atoms with Crippen molar-refractivity contribution in [2.24, 2.45) is 5.92 Å². The van der Waals surface area contributed by atoms with Crippen LogP contribution in [-0.2, 0) is 10.0 Å². The van der Waals surface area contributed by atoms with Gasteiger partial charge in [0.05, 0.1) is 10.4 Å². The lowest BCUT2D eigenvalue weighted by atomic mass is 9.70. The number of fused-ring (bicyclic) bond motifs is 1. The van der Waals surface area contributed by atoms with Gasteiger partial charge in [-0.15, -0.1) is 10.2 Å². The molecule has 4 aromatic rings. The van der Waals surface area contributed by atoms with Crippen LogP contribution in [-0.4, -0.2) is 34.2 Å². The molecule has 0 radical (unpaired) electrons.